The largest absolute Gasteiger partial charge is 0.351 e. The first kappa shape index (κ1) is 23.9. The standard InChI is InChI=1S/C29H27FN4OS/c1-4-20-8-10-22(11-9-20)26-25(28-32-27(33-35-28)23-12-14-24(30)15-13-23)19(3)34(29(36)31-26)17-21-7-5-6-18(2)16-21/h5-16,26H,4,17H2,1-3H3,(H,31,36). The van der Waals surface area contributed by atoms with E-state index < -0.39 is 0 Å². The highest BCUT2D eigenvalue weighted by Crippen LogP contribution is 2.38. The van der Waals surface area contributed by atoms with E-state index in [1.54, 1.807) is 12.1 Å². The van der Waals surface area contributed by atoms with Crippen LogP contribution in [0.1, 0.15) is 48.0 Å². The number of thiocarbonyl (C=S) groups is 1. The van der Waals surface area contributed by atoms with Gasteiger partial charge in [0.2, 0.25) is 5.82 Å². The molecule has 3 aromatic carbocycles. The van der Waals surface area contributed by atoms with Crippen molar-refractivity contribution in [3.05, 3.63) is 112 Å². The van der Waals surface area contributed by atoms with E-state index in [1.807, 2.05) is 6.92 Å². The van der Waals surface area contributed by atoms with Gasteiger partial charge in [0, 0.05) is 17.8 Å². The number of hydrogen-bond donors (Lipinski definition) is 1. The van der Waals surface area contributed by atoms with Crippen molar-refractivity contribution >= 4 is 22.9 Å². The normalized spacial score (nSPS) is 15.8. The van der Waals surface area contributed by atoms with Gasteiger partial charge in [0.05, 0.1) is 11.6 Å². The van der Waals surface area contributed by atoms with Crippen molar-refractivity contribution in [2.75, 3.05) is 0 Å². The summed E-state index contributed by atoms with van der Waals surface area (Å²) in [6, 6.07) is 22.7. The van der Waals surface area contributed by atoms with E-state index in [9.17, 15) is 4.39 Å². The Bertz CT molecular complexity index is 1430. The summed E-state index contributed by atoms with van der Waals surface area (Å²) in [6.45, 7) is 6.86. The highest BCUT2D eigenvalue weighted by Gasteiger charge is 2.34. The minimum Gasteiger partial charge on any atom is -0.351 e. The summed E-state index contributed by atoms with van der Waals surface area (Å²) in [4.78, 5) is 6.77. The van der Waals surface area contributed by atoms with Crippen molar-refractivity contribution in [3.63, 3.8) is 0 Å². The van der Waals surface area contributed by atoms with E-state index >= 15 is 0 Å². The van der Waals surface area contributed by atoms with Crippen LogP contribution in [0, 0.1) is 12.7 Å². The SMILES string of the molecule is CCc1ccc(C2NC(=S)N(Cc3cccc(C)c3)C(C)=C2c2nc(-c3ccc(F)cc3)no2)cc1. The number of nitrogens with one attached hydrogen (secondary N) is 1. The lowest BCUT2D eigenvalue weighted by atomic mass is 9.93. The van der Waals surface area contributed by atoms with Gasteiger partial charge in [-0.3, -0.25) is 0 Å². The van der Waals surface area contributed by atoms with Crippen molar-refractivity contribution in [3.8, 4) is 11.4 Å². The van der Waals surface area contributed by atoms with Crippen LogP contribution in [-0.4, -0.2) is 20.2 Å². The maximum absolute atomic E-state index is 13.4. The van der Waals surface area contributed by atoms with Gasteiger partial charge in [-0.2, -0.15) is 4.98 Å². The molecule has 36 heavy (non-hydrogen) atoms. The van der Waals surface area contributed by atoms with Crippen molar-refractivity contribution in [1.82, 2.24) is 20.4 Å². The molecule has 0 bridgehead atoms. The van der Waals surface area contributed by atoms with Crippen molar-refractivity contribution < 1.29 is 8.91 Å². The van der Waals surface area contributed by atoms with Gasteiger partial charge in [0.1, 0.15) is 5.82 Å². The van der Waals surface area contributed by atoms with Gasteiger partial charge >= 0.3 is 0 Å². The van der Waals surface area contributed by atoms with Crippen LogP contribution in [-0.2, 0) is 13.0 Å². The van der Waals surface area contributed by atoms with Gasteiger partial charge in [0.15, 0.2) is 5.11 Å². The number of allylic oxidation sites excluding steroid dienone is 1. The molecular formula is C29H27FN4OS. The molecule has 7 heteroatoms. The lowest BCUT2D eigenvalue weighted by molar-refractivity contribution is 0.396. The lowest BCUT2D eigenvalue weighted by Gasteiger charge is -2.37. The van der Waals surface area contributed by atoms with E-state index in [4.69, 9.17) is 21.7 Å². The fourth-order valence-electron chi connectivity index (χ4n) is 4.49. The predicted octanol–water partition coefficient (Wildman–Crippen LogP) is 6.61. The Balaban J connectivity index is 1.59. The summed E-state index contributed by atoms with van der Waals surface area (Å²) in [5.41, 5.74) is 7.16. The van der Waals surface area contributed by atoms with Crippen molar-refractivity contribution in [2.45, 2.75) is 39.8 Å². The Hall–Kier alpha value is -3.84. The fraction of sp³-hybridized carbons (Fsp3) is 0.207. The number of nitrogens with zero attached hydrogens (tertiary/aromatic N) is 3. The molecule has 1 aliphatic heterocycles. The molecule has 4 aromatic rings. The Morgan fingerprint density at radius 3 is 2.44 bits per heavy atom. The van der Waals surface area contributed by atoms with E-state index in [0.29, 0.717) is 28.9 Å². The second-order valence-electron chi connectivity index (χ2n) is 8.98. The van der Waals surface area contributed by atoms with E-state index in [-0.39, 0.29) is 11.9 Å². The molecular weight excluding hydrogens is 471 g/mol. The highest BCUT2D eigenvalue weighted by atomic mass is 32.1. The topological polar surface area (TPSA) is 54.2 Å². The van der Waals surface area contributed by atoms with Crippen LogP contribution < -0.4 is 5.32 Å². The minimum absolute atomic E-state index is 0.251. The maximum Gasteiger partial charge on any atom is 0.258 e. The molecule has 1 atom stereocenters. The van der Waals surface area contributed by atoms with Gasteiger partial charge in [-0.25, -0.2) is 4.39 Å². The number of aromatic nitrogens is 2. The van der Waals surface area contributed by atoms with Gasteiger partial charge < -0.3 is 14.7 Å². The van der Waals surface area contributed by atoms with Gasteiger partial charge in [0.25, 0.3) is 5.89 Å². The van der Waals surface area contributed by atoms with Crippen LogP contribution in [0.2, 0.25) is 0 Å². The van der Waals surface area contributed by atoms with Crippen LogP contribution in [0.15, 0.2) is 83.0 Å². The van der Waals surface area contributed by atoms with Crippen molar-refractivity contribution in [2.24, 2.45) is 0 Å². The average Bonchev–Trinajstić information content (AvgIpc) is 3.36. The molecule has 5 rings (SSSR count). The third kappa shape index (κ3) is 4.79. The Morgan fingerprint density at radius 2 is 1.75 bits per heavy atom. The number of halogens is 1. The molecule has 0 saturated carbocycles. The molecule has 0 fully saturated rings. The number of hydrogen-bond acceptors (Lipinski definition) is 4. The number of benzene rings is 3. The van der Waals surface area contributed by atoms with Crippen LogP contribution in [0.4, 0.5) is 4.39 Å². The summed E-state index contributed by atoms with van der Waals surface area (Å²) in [6.07, 6.45) is 0.966. The molecule has 1 aromatic heterocycles. The second-order valence-corrected chi connectivity index (χ2v) is 9.37. The Labute approximate surface area is 215 Å². The molecule has 0 aliphatic carbocycles. The van der Waals surface area contributed by atoms with Gasteiger partial charge in [-0.05, 0) is 73.4 Å². The lowest BCUT2D eigenvalue weighted by Crippen LogP contribution is -2.45. The molecule has 5 nitrogen and oxygen atoms in total. The number of rotatable bonds is 6. The quantitative estimate of drug-likeness (QED) is 0.302. The Kier molecular flexibility index (Phi) is 6.65. The highest BCUT2D eigenvalue weighted by molar-refractivity contribution is 7.80. The van der Waals surface area contributed by atoms with Crippen LogP contribution in [0.5, 0.6) is 0 Å². The third-order valence-electron chi connectivity index (χ3n) is 6.50. The van der Waals surface area contributed by atoms with E-state index in [0.717, 1.165) is 28.8 Å². The molecule has 0 radical (unpaired) electrons. The Morgan fingerprint density at radius 1 is 1.00 bits per heavy atom. The maximum atomic E-state index is 13.4. The fourth-order valence-corrected chi connectivity index (χ4v) is 4.81. The second kappa shape index (κ2) is 10.0. The molecule has 1 unspecified atom stereocenters. The number of aryl methyl sites for hydroxylation is 2. The summed E-state index contributed by atoms with van der Waals surface area (Å²) in [7, 11) is 0. The smallest absolute Gasteiger partial charge is 0.258 e. The third-order valence-corrected chi connectivity index (χ3v) is 6.84. The first-order valence-electron chi connectivity index (χ1n) is 12.0. The van der Waals surface area contributed by atoms with E-state index in [2.05, 4.69) is 77.8 Å². The zero-order valence-corrected chi connectivity index (χ0v) is 21.3. The molecule has 182 valence electrons. The molecule has 0 spiro atoms. The summed E-state index contributed by atoms with van der Waals surface area (Å²) in [5, 5.41) is 8.35. The first-order chi connectivity index (χ1) is 17.4. The van der Waals surface area contributed by atoms with Gasteiger partial charge in [-0.1, -0.05) is 66.2 Å². The van der Waals surface area contributed by atoms with Crippen LogP contribution in [0.25, 0.3) is 17.0 Å². The first-order valence-corrected chi connectivity index (χ1v) is 12.4. The summed E-state index contributed by atoms with van der Waals surface area (Å²) in [5.74, 6) is 0.498. The molecule has 0 amide bonds. The average molecular weight is 499 g/mol. The monoisotopic (exact) mass is 498 g/mol. The minimum atomic E-state index is -0.312. The molecule has 1 N–H and O–H groups in total. The molecule has 2 heterocycles. The molecule has 0 saturated heterocycles. The van der Waals surface area contributed by atoms with E-state index in [1.165, 1.54) is 23.3 Å². The zero-order valence-electron chi connectivity index (χ0n) is 20.5. The molecule has 1 aliphatic rings. The van der Waals surface area contributed by atoms with Gasteiger partial charge in [-0.15, -0.1) is 0 Å². The zero-order chi connectivity index (χ0) is 25.2. The summed E-state index contributed by atoms with van der Waals surface area (Å²) < 4.78 is 19.2. The van der Waals surface area contributed by atoms with Crippen molar-refractivity contribution in [1.29, 1.82) is 0 Å². The van der Waals surface area contributed by atoms with Crippen LogP contribution in [0.3, 0.4) is 0 Å². The predicted molar refractivity (Wildman–Crippen MR) is 143 cm³/mol. The van der Waals surface area contributed by atoms with Crippen LogP contribution >= 0.6 is 12.2 Å². The summed E-state index contributed by atoms with van der Waals surface area (Å²) >= 11 is 5.84.